The summed E-state index contributed by atoms with van der Waals surface area (Å²) in [5.41, 5.74) is 1.10. The minimum atomic E-state index is -0.510. The monoisotopic (exact) mass is 311 g/mol. The summed E-state index contributed by atoms with van der Waals surface area (Å²) in [6.45, 7) is 0.597. The number of hydrogen-bond donors (Lipinski definition) is 1. The highest BCUT2D eigenvalue weighted by Crippen LogP contribution is 2.40. The molecule has 1 aromatic heterocycles. The average molecular weight is 311 g/mol. The number of anilines is 1. The van der Waals surface area contributed by atoms with Gasteiger partial charge in [0.2, 0.25) is 5.91 Å². The van der Waals surface area contributed by atoms with Gasteiger partial charge < -0.3 is 14.7 Å². The Kier molecular flexibility index (Phi) is 3.37. The van der Waals surface area contributed by atoms with Crippen molar-refractivity contribution in [2.24, 2.45) is 0 Å². The molecule has 2 fully saturated rings. The summed E-state index contributed by atoms with van der Waals surface area (Å²) in [6, 6.07) is 10.6. The minimum Gasteiger partial charge on any atom is -0.360 e. The van der Waals surface area contributed by atoms with Gasteiger partial charge in [0, 0.05) is 24.2 Å². The number of carbonyl (C=O) groups excluding carboxylic acids is 2. The second-order valence-corrected chi connectivity index (χ2v) is 6.03. The molecular formula is C17H17N3O3. The predicted molar refractivity (Wildman–Crippen MR) is 83.1 cm³/mol. The number of benzene rings is 1. The van der Waals surface area contributed by atoms with Crippen LogP contribution in [-0.4, -0.2) is 29.6 Å². The number of nitrogens with zero attached hydrogens (tertiary/aromatic N) is 2. The Morgan fingerprint density at radius 1 is 1.22 bits per heavy atom. The first-order valence-corrected chi connectivity index (χ1v) is 7.86. The lowest BCUT2D eigenvalue weighted by molar-refractivity contribution is -0.118. The normalized spacial score (nSPS) is 20.8. The van der Waals surface area contributed by atoms with E-state index in [0.717, 1.165) is 24.3 Å². The third-order valence-electron chi connectivity index (χ3n) is 4.32. The fraction of sp³-hybridized carbons (Fsp3) is 0.353. The average Bonchev–Trinajstić information content (AvgIpc) is 3.20. The number of para-hydroxylation sites is 1. The standard InChI is InChI=1S/C17H17N3O3/c21-16(14-10-15(23-19-14)11-6-7-11)18-13-8-9-20(17(13)22)12-4-2-1-3-5-12/h1-5,10-11,13H,6-9H2,(H,18,21). The van der Waals surface area contributed by atoms with E-state index in [-0.39, 0.29) is 17.5 Å². The summed E-state index contributed by atoms with van der Waals surface area (Å²) in [7, 11) is 0. The molecule has 1 saturated carbocycles. The van der Waals surface area contributed by atoms with Crippen LogP contribution in [0.5, 0.6) is 0 Å². The zero-order valence-electron chi connectivity index (χ0n) is 12.6. The number of rotatable bonds is 4. The van der Waals surface area contributed by atoms with Crippen molar-refractivity contribution in [2.45, 2.75) is 31.2 Å². The quantitative estimate of drug-likeness (QED) is 0.938. The van der Waals surface area contributed by atoms with Gasteiger partial charge in [0.05, 0.1) is 0 Å². The van der Waals surface area contributed by atoms with Crippen LogP contribution >= 0.6 is 0 Å². The molecule has 1 N–H and O–H groups in total. The number of carbonyl (C=O) groups is 2. The molecule has 2 amide bonds. The van der Waals surface area contributed by atoms with E-state index >= 15 is 0 Å². The van der Waals surface area contributed by atoms with Crippen molar-refractivity contribution in [3.63, 3.8) is 0 Å². The molecule has 0 bridgehead atoms. The van der Waals surface area contributed by atoms with E-state index < -0.39 is 6.04 Å². The lowest BCUT2D eigenvalue weighted by Gasteiger charge is -2.16. The Labute approximate surface area is 133 Å². The Morgan fingerprint density at radius 2 is 2.00 bits per heavy atom. The zero-order chi connectivity index (χ0) is 15.8. The van der Waals surface area contributed by atoms with E-state index in [1.165, 1.54) is 0 Å². The van der Waals surface area contributed by atoms with Crippen LogP contribution in [0.25, 0.3) is 0 Å². The fourth-order valence-corrected chi connectivity index (χ4v) is 2.87. The molecule has 6 heteroatoms. The van der Waals surface area contributed by atoms with Crippen LogP contribution in [-0.2, 0) is 4.79 Å². The van der Waals surface area contributed by atoms with Crippen LogP contribution in [0.2, 0.25) is 0 Å². The van der Waals surface area contributed by atoms with Crippen molar-refractivity contribution in [3.05, 3.63) is 47.9 Å². The first-order valence-electron chi connectivity index (χ1n) is 7.86. The lowest BCUT2D eigenvalue weighted by Crippen LogP contribution is -2.41. The maximum atomic E-state index is 12.5. The molecule has 2 aliphatic rings. The molecule has 118 valence electrons. The van der Waals surface area contributed by atoms with Crippen LogP contribution in [0, 0.1) is 0 Å². The third kappa shape index (κ3) is 2.72. The van der Waals surface area contributed by atoms with Gasteiger partial charge in [-0.3, -0.25) is 9.59 Å². The van der Waals surface area contributed by atoms with E-state index in [1.54, 1.807) is 11.0 Å². The molecule has 1 atom stereocenters. The smallest absolute Gasteiger partial charge is 0.274 e. The molecule has 2 heterocycles. The second-order valence-electron chi connectivity index (χ2n) is 6.03. The predicted octanol–water partition coefficient (Wildman–Crippen LogP) is 2.09. The summed E-state index contributed by atoms with van der Waals surface area (Å²) in [6.07, 6.45) is 2.76. The topological polar surface area (TPSA) is 75.4 Å². The molecule has 1 aliphatic carbocycles. The van der Waals surface area contributed by atoms with Crippen molar-refractivity contribution < 1.29 is 14.1 Å². The Morgan fingerprint density at radius 3 is 2.74 bits per heavy atom. The number of aromatic nitrogens is 1. The summed E-state index contributed by atoms with van der Waals surface area (Å²) in [4.78, 5) is 26.4. The molecule has 1 saturated heterocycles. The molecule has 0 spiro atoms. The Hall–Kier alpha value is -2.63. The SMILES string of the molecule is O=C(NC1CCN(c2ccccc2)C1=O)c1cc(C2CC2)on1. The molecule has 23 heavy (non-hydrogen) atoms. The summed E-state index contributed by atoms with van der Waals surface area (Å²) >= 11 is 0. The van der Waals surface area contributed by atoms with E-state index in [2.05, 4.69) is 10.5 Å². The van der Waals surface area contributed by atoms with E-state index in [9.17, 15) is 9.59 Å². The molecule has 2 aromatic rings. The highest BCUT2D eigenvalue weighted by Gasteiger charge is 2.35. The van der Waals surface area contributed by atoms with Gasteiger partial charge in [-0.2, -0.15) is 0 Å². The van der Waals surface area contributed by atoms with E-state index in [1.807, 2.05) is 30.3 Å². The summed E-state index contributed by atoms with van der Waals surface area (Å²) < 4.78 is 5.19. The molecule has 6 nitrogen and oxygen atoms in total. The van der Waals surface area contributed by atoms with Crippen molar-refractivity contribution in [2.75, 3.05) is 11.4 Å². The summed E-state index contributed by atoms with van der Waals surface area (Å²) in [5, 5.41) is 6.57. The molecule has 0 radical (unpaired) electrons. The van der Waals surface area contributed by atoms with Gasteiger partial charge >= 0.3 is 0 Å². The van der Waals surface area contributed by atoms with Gasteiger partial charge in [0.1, 0.15) is 11.8 Å². The largest absolute Gasteiger partial charge is 0.360 e. The van der Waals surface area contributed by atoms with Crippen molar-refractivity contribution in [3.8, 4) is 0 Å². The van der Waals surface area contributed by atoms with Gasteiger partial charge in [-0.05, 0) is 31.4 Å². The summed E-state index contributed by atoms with van der Waals surface area (Å²) in [5.74, 6) is 0.730. The maximum absolute atomic E-state index is 12.5. The van der Waals surface area contributed by atoms with Crippen LogP contribution < -0.4 is 10.2 Å². The van der Waals surface area contributed by atoms with Crippen LogP contribution in [0.1, 0.15) is 41.4 Å². The van der Waals surface area contributed by atoms with Gasteiger partial charge in [-0.15, -0.1) is 0 Å². The highest BCUT2D eigenvalue weighted by atomic mass is 16.5. The molecule has 1 aromatic carbocycles. The minimum absolute atomic E-state index is 0.0875. The Bertz CT molecular complexity index is 737. The number of hydrogen-bond acceptors (Lipinski definition) is 4. The van der Waals surface area contributed by atoms with Crippen molar-refractivity contribution in [1.82, 2.24) is 10.5 Å². The Balaban J connectivity index is 1.42. The highest BCUT2D eigenvalue weighted by molar-refractivity contribution is 6.03. The molecular weight excluding hydrogens is 294 g/mol. The van der Waals surface area contributed by atoms with Gasteiger partial charge in [-0.25, -0.2) is 0 Å². The van der Waals surface area contributed by atoms with Gasteiger partial charge in [-0.1, -0.05) is 23.4 Å². The van der Waals surface area contributed by atoms with Crippen molar-refractivity contribution in [1.29, 1.82) is 0 Å². The first-order chi connectivity index (χ1) is 11.2. The molecule has 1 aliphatic heterocycles. The lowest BCUT2D eigenvalue weighted by atomic mass is 10.2. The first kappa shape index (κ1) is 14.0. The second kappa shape index (κ2) is 5.53. The van der Waals surface area contributed by atoms with Crippen LogP contribution in [0.3, 0.4) is 0 Å². The van der Waals surface area contributed by atoms with E-state index in [4.69, 9.17) is 4.52 Å². The maximum Gasteiger partial charge on any atom is 0.274 e. The van der Waals surface area contributed by atoms with Crippen LogP contribution in [0.4, 0.5) is 5.69 Å². The third-order valence-corrected chi connectivity index (χ3v) is 4.32. The number of amides is 2. The number of nitrogens with one attached hydrogen (secondary N) is 1. The zero-order valence-corrected chi connectivity index (χ0v) is 12.6. The van der Waals surface area contributed by atoms with Crippen molar-refractivity contribution >= 4 is 17.5 Å². The van der Waals surface area contributed by atoms with Crippen LogP contribution in [0.15, 0.2) is 40.9 Å². The molecule has 4 rings (SSSR count). The molecule has 1 unspecified atom stereocenters. The fourth-order valence-electron chi connectivity index (χ4n) is 2.87. The van der Waals surface area contributed by atoms with E-state index in [0.29, 0.717) is 18.9 Å². The van der Waals surface area contributed by atoms with Gasteiger partial charge in [0.15, 0.2) is 5.69 Å². The van der Waals surface area contributed by atoms with Gasteiger partial charge in [0.25, 0.3) is 5.91 Å².